The van der Waals surface area contributed by atoms with Gasteiger partial charge < -0.3 is 0 Å². The molecule has 1 aromatic heterocycles. The molecule has 1 N–H and O–H groups in total. The highest BCUT2D eigenvalue weighted by Crippen LogP contribution is 2.17. The topological polar surface area (TPSA) is 19.7 Å². The maximum atomic E-state index is 3.52. The van der Waals surface area contributed by atoms with Gasteiger partial charge in [-0.2, -0.15) is 0 Å². The predicted molar refractivity (Wildman–Crippen MR) is 62.9 cm³/mol. The summed E-state index contributed by atoms with van der Waals surface area (Å²) in [6.45, 7) is 6.53. The third-order valence-corrected chi connectivity index (χ3v) is 2.98. The van der Waals surface area contributed by atoms with E-state index in [2.05, 4.69) is 49.5 Å². The molecule has 15 heavy (non-hydrogen) atoms. The molecule has 0 atom stereocenters. The van der Waals surface area contributed by atoms with Gasteiger partial charge in [-0.05, 0) is 31.9 Å². The van der Waals surface area contributed by atoms with Crippen molar-refractivity contribution in [3.63, 3.8) is 0 Å². The highest BCUT2D eigenvalue weighted by molar-refractivity contribution is 5.76. The summed E-state index contributed by atoms with van der Waals surface area (Å²) in [6.07, 6.45) is 2.29. The van der Waals surface area contributed by atoms with Gasteiger partial charge in [0.15, 0.2) is 11.0 Å². The third-order valence-electron chi connectivity index (χ3n) is 2.98. The average molecular weight is 203 g/mol. The standard InChI is InChI=1S/C13H18N2/c1-5-6-12-14-13-10(3)7-9(2)8-11(13)15(12)4/h7-8H,5-6H2,1-4H3/p+1. The summed E-state index contributed by atoms with van der Waals surface area (Å²) in [5.74, 6) is 1.32. The van der Waals surface area contributed by atoms with Gasteiger partial charge in [0, 0.05) is 12.0 Å². The van der Waals surface area contributed by atoms with E-state index in [1.807, 2.05) is 0 Å². The van der Waals surface area contributed by atoms with Crippen LogP contribution in [0.25, 0.3) is 11.0 Å². The van der Waals surface area contributed by atoms with Crippen LogP contribution in [0.2, 0.25) is 0 Å². The summed E-state index contributed by atoms with van der Waals surface area (Å²) >= 11 is 0. The minimum absolute atomic E-state index is 1.11. The van der Waals surface area contributed by atoms with Gasteiger partial charge in [-0.3, -0.25) is 0 Å². The normalized spacial score (nSPS) is 11.2. The fourth-order valence-electron chi connectivity index (χ4n) is 2.21. The first kappa shape index (κ1) is 10.2. The maximum Gasteiger partial charge on any atom is 0.254 e. The molecule has 0 amide bonds. The summed E-state index contributed by atoms with van der Waals surface area (Å²) in [7, 11) is 2.14. The molecule has 0 aliphatic heterocycles. The smallest absolute Gasteiger partial charge is 0.241 e. The van der Waals surface area contributed by atoms with E-state index in [0.29, 0.717) is 0 Å². The molecule has 2 aromatic rings. The Balaban J connectivity index is 2.70. The molecule has 0 saturated heterocycles. The summed E-state index contributed by atoms with van der Waals surface area (Å²) < 4.78 is 2.28. The van der Waals surface area contributed by atoms with Crippen LogP contribution >= 0.6 is 0 Å². The van der Waals surface area contributed by atoms with Gasteiger partial charge in [0.1, 0.15) is 0 Å². The van der Waals surface area contributed by atoms with Crippen molar-refractivity contribution in [1.29, 1.82) is 0 Å². The van der Waals surface area contributed by atoms with E-state index in [1.165, 1.54) is 34.4 Å². The Morgan fingerprint density at radius 2 is 2.00 bits per heavy atom. The Bertz CT molecular complexity index is 495. The van der Waals surface area contributed by atoms with E-state index in [4.69, 9.17) is 0 Å². The van der Waals surface area contributed by atoms with E-state index < -0.39 is 0 Å². The van der Waals surface area contributed by atoms with Gasteiger partial charge in [0.2, 0.25) is 0 Å². The van der Waals surface area contributed by atoms with E-state index in [0.717, 1.165) is 6.42 Å². The van der Waals surface area contributed by atoms with E-state index in [1.54, 1.807) is 0 Å². The SMILES string of the molecule is CCCc1[nH]c2c(C)cc(C)cc2[n+]1C. The molecule has 0 fully saturated rings. The number of aromatic amines is 1. The van der Waals surface area contributed by atoms with Crippen LogP contribution in [0.3, 0.4) is 0 Å². The van der Waals surface area contributed by atoms with Crippen molar-refractivity contribution < 1.29 is 4.57 Å². The van der Waals surface area contributed by atoms with Gasteiger partial charge >= 0.3 is 0 Å². The highest BCUT2D eigenvalue weighted by atomic mass is 15.1. The number of fused-ring (bicyclic) bond motifs is 1. The van der Waals surface area contributed by atoms with Crippen LogP contribution in [0, 0.1) is 13.8 Å². The number of H-pyrrole nitrogens is 1. The quantitative estimate of drug-likeness (QED) is 0.724. The Morgan fingerprint density at radius 1 is 1.27 bits per heavy atom. The molecule has 1 aromatic carbocycles. The molecule has 2 nitrogen and oxygen atoms in total. The highest BCUT2D eigenvalue weighted by Gasteiger charge is 2.16. The lowest BCUT2D eigenvalue weighted by atomic mass is 10.1. The molecule has 0 saturated carbocycles. The number of nitrogens with one attached hydrogen (secondary N) is 1. The molecule has 0 aliphatic carbocycles. The third kappa shape index (κ3) is 1.65. The molecule has 0 bridgehead atoms. The van der Waals surface area contributed by atoms with Gasteiger partial charge in [0.05, 0.1) is 7.05 Å². The number of hydrogen-bond acceptors (Lipinski definition) is 0. The van der Waals surface area contributed by atoms with Crippen molar-refractivity contribution in [3.8, 4) is 0 Å². The molecular weight excluding hydrogens is 184 g/mol. The summed E-state index contributed by atoms with van der Waals surface area (Å²) in [6, 6.07) is 4.48. The number of aryl methyl sites for hydroxylation is 4. The largest absolute Gasteiger partial charge is 0.254 e. The zero-order chi connectivity index (χ0) is 11.0. The minimum Gasteiger partial charge on any atom is -0.241 e. The monoisotopic (exact) mass is 203 g/mol. The van der Waals surface area contributed by atoms with Crippen LogP contribution in [-0.4, -0.2) is 4.98 Å². The molecular formula is C13H19N2+. The second-order valence-corrected chi connectivity index (χ2v) is 4.36. The first-order chi connectivity index (χ1) is 7.13. The Kier molecular flexibility index (Phi) is 2.51. The van der Waals surface area contributed by atoms with Crippen LogP contribution in [0.4, 0.5) is 0 Å². The summed E-state index contributed by atoms with van der Waals surface area (Å²) in [5, 5.41) is 0. The summed E-state index contributed by atoms with van der Waals surface area (Å²) in [5.41, 5.74) is 5.27. The van der Waals surface area contributed by atoms with Crippen molar-refractivity contribution in [2.75, 3.05) is 0 Å². The number of rotatable bonds is 2. The van der Waals surface area contributed by atoms with Crippen LogP contribution < -0.4 is 4.57 Å². The molecule has 0 unspecified atom stereocenters. The van der Waals surface area contributed by atoms with Crippen LogP contribution in [-0.2, 0) is 13.5 Å². The number of benzene rings is 1. The maximum absolute atomic E-state index is 3.52. The molecule has 2 rings (SSSR count). The average Bonchev–Trinajstić information content (AvgIpc) is 2.47. The minimum atomic E-state index is 1.11. The first-order valence-corrected chi connectivity index (χ1v) is 5.61. The molecule has 2 heteroatoms. The number of aromatic nitrogens is 2. The fourth-order valence-corrected chi connectivity index (χ4v) is 2.21. The van der Waals surface area contributed by atoms with E-state index >= 15 is 0 Å². The van der Waals surface area contributed by atoms with Crippen molar-refractivity contribution in [2.24, 2.45) is 7.05 Å². The molecule has 1 heterocycles. The molecule has 0 aliphatic rings. The van der Waals surface area contributed by atoms with E-state index in [9.17, 15) is 0 Å². The van der Waals surface area contributed by atoms with E-state index in [-0.39, 0.29) is 0 Å². The lowest BCUT2D eigenvalue weighted by Gasteiger charge is -1.95. The van der Waals surface area contributed by atoms with Crippen LogP contribution in [0.5, 0.6) is 0 Å². The zero-order valence-electron chi connectivity index (χ0n) is 10.0. The Labute approximate surface area is 90.9 Å². The molecule has 80 valence electrons. The Morgan fingerprint density at radius 3 is 2.67 bits per heavy atom. The summed E-state index contributed by atoms with van der Waals surface area (Å²) in [4.78, 5) is 3.52. The number of hydrogen-bond donors (Lipinski definition) is 1. The lowest BCUT2D eigenvalue weighted by Crippen LogP contribution is -2.31. The lowest BCUT2D eigenvalue weighted by molar-refractivity contribution is -0.652. The number of nitrogens with zero attached hydrogens (tertiary/aromatic N) is 1. The second kappa shape index (κ2) is 3.69. The second-order valence-electron chi connectivity index (χ2n) is 4.36. The van der Waals surface area contributed by atoms with Crippen molar-refractivity contribution in [3.05, 3.63) is 29.1 Å². The van der Waals surface area contributed by atoms with Crippen LogP contribution in [0.15, 0.2) is 12.1 Å². The number of imidazole rings is 1. The fraction of sp³-hybridized carbons (Fsp3) is 0.462. The predicted octanol–water partition coefficient (Wildman–Crippen LogP) is 2.56. The van der Waals surface area contributed by atoms with Gasteiger partial charge in [0.25, 0.3) is 5.82 Å². The van der Waals surface area contributed by atoms with Gasteiger partial charge in [-0.15, -0.1) is 0 Å². The van der Waals surface area contributed by atoms with Gasteiger partial charge in [-0.1, -0.05) is 13.0 Å². The molecule has 0 radical (unpaired) electrons. The molecule has 0 spiro atoms. The first-order valence-electron chi connectivity index (χ1n) is 5.61. The van der Waals surface area contributed by atoms with Crippen molar-refractivity contribution in [1.82, 2.24) is 4.98 Å². The zero-order valence-corrected chi connectivity index (χ0v) is 10.0. The van der Waals surface area contributed by atoms with Gasteiger partial charge in [-0.25, -0.2) is 9.55 Å². The van der Waals surface area contributed by atoms with Crippen molar-refractivity contribution in [2.45, 2.75) is 33.6 Å². The Hall–Kier alpha value is -1.31. The van der Waals surface area contributed by atoms with Crippen LogP contribution in [0.1, 0.15) is 30.3 Å². The van der Waals surface area contributed by atoms with Crippen molar-refractivity contribution >= 4 is 11.0 Å².